The van der Waals surface area contributed by atoms with Crippen molar-refractivity contribution < 1.29 is 9.47 Å². The summed E-state index contributed by atoms with van der Waals surface area (Å²) in [6.45, 7) is 6.86. The van der Waals surface area contributed by atoms with E-state index in [0.29, 0.717) is 41.9 Å². The number of fused-ring (bicyclic) bond motifs is 2. The lowest BCUT2D eigenvalue weighted by Crippen LogP contribution is -2.38. The Morgan fingerprint density at radius 1 is 1.17 bits per heavy atom. The van der Waals surface area contributed by atoms with Crippen LogP contribution in [0.15, 0.2) is 47.4 Å². The van der Waals surface area contributed by atoms with Gasteiger partial charge in [-0.05, 0) is 56.1 Å². The molecule has 2 N–H and O–H groups in total. The van der Waals surface area contributed by atoms with Crippen molar-refractivity contribution in [3.63, 3.8) is 0 Å². The minimum absolute atomic E-state index is 0.00334. The Bertz CT molecular complexity index is 1460. The number of rotatable bonds is 6. The molecular formula is C25H27N7O3. The summed E-state index contributed by atoms with van der Waals surface area (Å²) in [6, 6.07) is 11.7. The number of hydrogen-bond acceptors (Lipinski definition) is 8. The van der Waals surface area contributed by atoms with Gasteiger partial charge in [-0.3, -0.25) is 4.79 Å². The molecule has 1 saturated heterocycles. The zero-order chi connectivity index (χ0) is 23.9. The Kier molecular flexibility index (Phi) is 5.46. The van der Waals surface area contributed by atoms with E-state index in [0.717, 1.165) is 25.2 Å². The maximum Gasteiger partial charge on any atom is 0.278 e. The first kappa shape index (κ1) is 21.8. The lowest BCUT2D eigenvalue weighted by molar-refractivity contribution is -0.0813. The van der Waals surface area contributed by atoms with E-state index in [-0.39, 0.29) is 17.7 Å². The first-order valence-corrected chi connectivity index (χ1v) is 11.9. The fourth-order valence-electron chi connectivity index (χ4n) is 4.47. The summed E-state index contributed by atoms with van der Waals surface area (Å²) in [5.41, 5.74) is 3.85. The Morgan fingerprint density at radius 2 is 2.06 bits per heavy atom. The Morgan fingerprint density at radius 3 is 2.86 bits per heavy atom. The fourth-order valence-corrected chi connectivity index (χ4v) is 4.47. The first-order chi connectivity index (χ1) is 17.1. The Hall–Kier alpha value is -3.76. The van der Waals surface area contributed by atoms with Crippen LogP contribution in [0.3, 0.4) is 0 Å². The van der Waals surface area contributed by atoms with Crippen LogP contribution in [0.5, 0.6) is 5.88 Å². The highest BCUT2D eigenvalue weighted by Gasteiger charge is 2.23. The summed E-state index contributed by atoms with van der Waals surface area (Å²) >= 11 is 0. The zero-order valence-electron chi connectivity index (χ0n) is 19.7. The molecule has 2 aliphatic rings. The van der Waals surface area contributed by atoms with E-state index in [4.69, 9.17) is 14.5 Å². The van der Waals surface area contributed by atoms with E-state index < -0.39 is 0 Å². The minimum Gasteiger partial charge on any atom is -0.469 e. The average Bonchev–Trinajstić information content (AvgIpc) is 3.13. The second-order valence-corrected chi connectivity index (χ2v) is 9.13. The van der Waals surface area contributed by atoms with Crippen LogP contribution in [0.4, 0.5) is 11.6 Å². The van der Waals surface area contributed by atoms with Gasteiger partial charge in [0.2, 0.25) is 11.8 Å². The monoisotopic (exact) mass is 473 g/mol. The molecule has 1 fully saturated rings. The number of anilines is 2. The van der Waals surface area contributed by atoms with Crippen molar-refractivity contribution >= 4 is 22.7 Å². The molecule has 0 radical (unpaired) electrons. The van der Waals surface area contributed by atoms with Crippen molar-refractivity contribution in [2.24, 2.45) is 0 Å². The quantitative estimate of drug-likeness (QED) is 0.440. The van der Waals surface area contributed by atoms with E-state index in [1.807, 2.05) is 32.0 Å². The van der Waals surface area contributed by atoms with Crippen LogP contribution in [0, 0.1) is 0 Å². The lowest BCUT2D eigenvalue weighted by atomic mass is 10.0. The molecule has 0 saturated carbocycles. The van der Waals surface area contributed by atoms with Gasteiger partial charge in [-0.1, -0.05) is 12.1 Å². The van der Waals surface area contributed by atoms with Gasteiger partial charge in [0.05, 0.1) is 13.2 Å². The molecular weight excluding hydrogens is 446 g/mol. The molecule has 10 heteroatoms. The van der Waals surface area contributed by atoms with Gasteiger partial charge in [-0.15, -0.1) is 0 Å². The van der Waals surface area contributed by atoms with Crippen molar-refractivity contribution in [1.29, 1.82) is 0 Å². The van der Waals surface area contributed by atoms with Crippen LogP contribution in [-0.4, -0.2) is 50.2 Å². The highest BCUT2D eigenvalue weighted by atomic mass is 16.6. The lowest BCUT2D eigenvalue weighted by Gasteiger charge is -2.26. The molecule has 0 unspecified atom stereocenters. The van der Waals surface area contributed by atoms with Crippen molar-refractivity contribution in [1.82, 2.24) is 29.6 Å². The van der Waals surface area contributed by atoms with E-state index in [1.54, 1.807) is 21.6 Å². The van der Waals surface area contributed by atoms with Crippen molar-refractivity contribution in [2.75, 3.05) is 25.1 Å². The molecule has 180 valence electrons. The summed E-state index contributed by atoms with van der Waals surface area (Å²) in [6.07, 6.45) is 2.60. The molecule has 0 atom stereocenters. The summed E-state index contributed by atoms with van der Waals surface area (Å²) in [5, 5.41) is 7.13. The van der Waals surface area contributed by atoms with E-state index >= 15 is 0 Å². The van der Waals surface area contributed by atoms with Gasteiger partial charge in [0.1, 0.15) is 11.5 Å². The molecule has 5 heterocycles. The number of pyridine rings is 1. The minimum atomic E-state index is -0.165. The van der Waals surface area contributed by atoms with Gasteiger partial charge < -0.3 is 20.1 Å². The third kappa shape index (κ3) is 4.04. The number of benzene rings is 1. The second-order valence-electron chi connectivity index (χ2n) is 9.13. The van der Waals surface area contributed by atoms with Crippen LogP contribution in [0.2, 0.25) is 0 Å². The largest absolute Gasteiger partial charge is 0.469 e. The van der Waals surface area contributed by atoms with Crippen molar-refractivity contribution in [3.05, 3.63) is 64.1 Å². The number of nitrogens with zero attached hydrogens (tertiary/aromatic N) is 5. The Labute approximate surface area is 201 Å². The molecule has 10 nitrogen and oxygen atoms in total. The first-order valence-electron chi connectivity index (χ1n) is 11.9. The van der Waals surface area contributed by atoms with Gasteiger partial charge in [0.25, 0.3) is 5.56 Å². The second kappa shape index (κ2) is 8.79. The maximum absolute atomic E-state index is 13.3. The van der Waals surface area contributed by atoms with Gasteiger partial charge >= 0.3 is 0 Å². The van der Waals surface area contributed by atoms with Gasteiger partial charge in [-0.25, -0.2) is 14.3 Å². The molecule has 0 amide bonds. The van der Waals surface area contributed by atoms with E-state index in [1.165, 1.54) is 11.1 Å². The predicted octanol–water partition coefficient (Wildman–Crippen LogP) is 2.73. The summed E-state index contributed by atoms with van der Waals surface area (Å²) in [4.78, 5) is 27.1. The number of ether oxygens (including phenoxy) is 2. The van der Waals surface area contributed by atoms with Crippen LogP contribution in [-0.2, 0) is 17.7 Å². The van der Waals surface area contributed by atoms with E-state index in [9.17, 15) is 4.79 Å². The molecule has 0 spiro atoms. The molecule has 1 aromatic carbocycles. The van der Waals surface area contributed by atoms with Crippen molar-refractivity contribution in [3.8, 4) is 11.7 Å². The van der Waals surface area contributed by atoms with Crippen molar-refractivity contribution in [2.45, 2.75) is 39.0 Å². The topological polar surface area (TPSA) is 108 Å². The molecule has 3 aromatic heterocycles. The number of aromatic nitrogens is 5. The maximum atomic E-state index is 13.3. The van der Waals surface area contributed by atoms with Crippen LogP contribution < -0.4 is 20.9 Å². The molecule has 4 aromatic rings. The number of nitrogens with one attached hydrogen (secondary N) is 2. The zero-order valence-corrected chi connectivity index (χ0v) is 19.7. The molecule has 0 aliphatic carbocycles. The van der Waals surface area contributed by atoms with Crippen LogP contribution >= 0.6 is 0 Å². The summed E-state index contributed by atoms with van der Waals surface area (Å²) < 4.78 is 14.5. The molecule has 2 aliphatic heterocycles. The van der Waals surface area contributed by atoms with Gasteiger partial charge in [-0.2, -0.15) is 9.97 Å². The SMILES string of the molecule is CC(C)n1c(=O)c2cnc(Nc3ccc4c(c3)CNCC4)nc2n1-c1cccc(OC2COC2)n1. The molecule has 35 heavy (non-hydrogen) atoms. The fraction of sp³-hybridized carbons (Fsp3) is 0.360. The van der Waals surface area contributed by atoms with E-state index in [2.05, 4.69) is 32.7 Å². The molecule has 0 bridgehead atoms. The molecule has 6 rings (SSSR count). The van der Waals surface area contributed by atoms with Crippen LogP contribution in [0.1, 0.15) is 31.0 Å². The smallest absolute Gasteiger partial charge is 0.278 e. The number of hydrogen-bond donors (Lipinski definition) is 2. The highest BCUT2D eigenvalue weighted by molar-refractivity contribution is 5.77. The third-order valence-corrected chi connectivity index (χ3v) is 6.28. The van der Waals surface area contributed by atoms with Crippen LogP contribution in [0.25, 0.3) is 16.9 Å². The third-order valence-electron chi connectivity index (χ3n) is 6.28. The van der Waals surface area contributed by atoms with Gasteiger partial charge in [0, 0.05) is 30.5 Å². The predicted molar refractivity (Wildman–Crippen MR) is 132 cm³/mol. The Balaban J connectivity index is 1.41. The van der Waals surface area contributed by atoms with Gasteiger partial charge in [0.15, 0.2) is 11.5 Å². The summed E-state index contributed by atoms with van der Waals surface area (Å²) in [7, 11) is 0. The highest BCUT2D eigenvalue weighted by Crippen LogP contribution is 2.24. The normalized spacial score (nSPS) is 15.7. The standard InChI is InChI=1S/C25H27N7O3/c1-15(2)31-24(33)20-12-27-25(28-18-7-6-16-8-9-26-11-17(16)10-18)30-23(20)32(31)21-4-3-5-22(29-21)35-19-13-34-14-19/h3-7,10,12,15,19,26H,8-9,11,13-14H2,1-2H3,(H,27,28,30). The summed E-state index contributed by atoms with van der Waals surface area (Å²) in [5.74, 6) is 1.44. The average molecular weight is 474 g/mol.